The highest BCUT2D eigenvalue weighted by Gasteiger charge is 2.26. The van der Waals surface area contributed by atoms with Gasteiger partial charge in [-0.1, -0.05) is 30.3 Å². The van der Waals surface area contributed by atoms with Gasteiger partial charge < -0.3 is 9.52 Å². The lowest BCUT2D eigenvalue weighted by Gasteiger charge is -2.34. The minimum absolute atomic E-state index is 0.341. The van der Waals surface area contributed by atoms with Crippen LogP contribution in [0.1, 0.15) is 30.2 Å². The molecule has 1 fully saturated rings. The molecule has 25 heavy (non-hydrogen) atoms. The van der Waals surface area contributed by atoms with Gasteiger partial charge in [0.25, 0.3) is 0 Å². The average Bonchev–Trinajstić information content (AvgIpc) is 3.34. The van der Waals surface area contributed by atoms with E-state index in [2.05, 4.69) is 15.3 Å². The summed E-state index contributed by atoms with van der Waals surface area (Å²) in [5.74, 6) is 1.17. The van der Waals surface area contributed by atoms with Crippen molar-refractivity contribution >= 4 is 11.3 Å². The van der Waals surface area contributed by atoms with Crippen molar-refractivity contribution in [3.05, 3.63) is 65.4 Å². The molecule has 1 unspecified atom stereocenters. The van der Waals surface area contributed by atoms with Crippen molar-refractivity contribution in [3.63, 3.8) is 0 Å². The monoisotopic (exact) mass is 354 g/mol. The molecular formula is C20H22N2O2S. The molecular weight excluding hydrogens is 332 g/mol. The molecule has 3 heterocycles. The molecule has 3 aromatic rings. The summed E-state index contributed by atoms with van der Waals surface area (Å²) in [6.45, 7) is 2.87. The van der Waals surface area contributed by atoms with Gasteiger partial charge in [0, 0.05) is 11.9 Å². The van der Waals surface area contributed by atoms with Crippen LogP contribution in [0.4, 0.5) is 0 Å². The normalized spacial score (nSPS) is 17.6. The fraction of sp³-hybridized carbons (Fsp3) is 0.350. The zero-order chi connectivity index (χ0) is 17.1. The van der Waals surface area contributed by atoms with Crippen LogP contribution >= 0.6 is 11.3 Å². The number of aromatic nitrogens is 1. The van der Waals surface area contributed by atoms with Crippen LogP contribution in [-0.2, 0) is 6.54 Å². The number of hydrogen-bond donors (Lipinski definition) is 1. The minimum Gasteiger partial charge on any atom is -0.462 e. The van der Waals surface area contributed by atoms with E-state index in [4.69, 9.17) is 4.42 Å². The van der Waals surface area contributed by atoms with Gasteiger partial charge in [0.2, 0.25) is 0 Å². The molecule has 1 aliphatic heterocycles. The van der Waals surface area contributed by atoms with Gasteiger partial charge in [-0.2, -0.15) is 0 Å². The zero-order valence-electron chi connectivity index (χ0n) is 14.0. The summed E-state index contributed by atoms with van der Waals surface area (Å²) in [5.41, 5.74) is 2.13. The number of piperidine rings is 1. The van der Waals surface area contributed by atoms with E-state index in [1.165, 1.54) is 0 Å². The number of benzene rings is 1. The van der Waals surface area contributed by atoms with Crippen LogP contribution in [0.3, 0.4) is 0 Å². The molecule has 0 spiro atoms. The second-order valence-corrected chi connectivity index (χ2v) is 7.45. The molecule has 1 atom stereocenters. The quantitative estimate of drug-likeness (QED) is 0.740. The number of likely N-dealkylation sites (tertiary alicyclic amines) is 1. The molecule has 5 heteroatoms. The van der Waals surface area contributed by atoms with Crippen molar-refractivity contribution < 1.29 is 9.52 Å². The van der Waals surface area contributed by atoms with Crippen LogP contribution < -0.4 is 0 Å². The van der Waals surface area contributed by atoms with E-state index in [0.717, 1.165) is 54.5 Å². The van der Waals surface area contributed by atoms with Gasteiger partial charge in [-0.15, -0.1) is 11.3 Å². The van der Waals surface area contributed by atoms with Crippen LogP contribution in [0, 0.1) is 5.92 Å². The molecule has 1 saturated heterocycles. The Hall–Kier alpha value is -1.95. The average molecular weight is 354 g/mol. The van der Waals surface area contributed by atoms with E-state index >= 15 is 0 Å². The number of rotatable bonds is 5. The Balaban J connectivity index is 1.32. The fourth-order valence-electron chi connectivity index (χ4n) is 3.47. The molecule has 130 valence electrons. The molecule has 0 amide bonds. The van der Waals surface area contributed by atoms with E-state index in [0.29, 0.717) is 5.92 Å². The van der Waals surface area contributed by atoms with E-state index in [9.17, 15) is 5.11 Å². The first-order valence-electron chi connectivity index (χ1n) is 8.73. The number of hydrogen-bond acceptors (Lipinski definition) is 5. The van der Waals surface area contributed by atoms with Gasteiger partial charge in [-0.3, -0.25) is 4.90 Å². The summed E-state index contributed by atoms with van der Waals surface area (Å²) in [5, 5.41) is 13.6. The summed E-state index contributed by atoms with van der Waals surface area (Å²) >= 11 is 1.63. The largest absolute Gasteiger partial charge is 0.462 e. The molecule has 1 aromatic carbocycles. The van der Waals surface area contributed by atoms with E-state index in [1.54, 1.807) is 17.6 Å². The first-order chi connectivity index (χ1) is 12.3. The van der Waals surface area contributed by atoms with Gasteiger partial charge in [0.1, 0.15) is 0 Å². The predicted molar refractivity (Wildman–Crippen MR) is 99.2 cm³/mol. The molecule has 0 aliphatic carbocycles. The fourth-order valence-corrected chi connectivity index (χ4v) is 4.25. The Morgan fingerprint density at radius 3 is 2.68 bits per heavy atom. The lowest BCUT2D eigenvalue weighted by molar-refractivity contribution is 0.0565. The van der Waals surface area contributed by atoms with E-state index < -0.39 is 0 Å². The number of aliphatic hydroxyl groups excluding tert-OH is 1. The lowest BCUT2D eigenvalue weighted by atomic mass is 9.87. The van der Waals surface area contributed by atoms with Crippen molar-refractivity contribution in [2.24, 2.45) is 5.92 Å². The van der Waals surface area contributed by atoms with Crippen molar-refractivity contribution in [3.8, 4) is 10.8 Å². The standard InChI is InChI=1S/C20H22N2O2S/c23-19(15-5-2-1-3-6-15)16-8-10-22(11-9-16)13-17-14-25-20(21-17)18-7-4-12-24-18/h1-7,12,14,16,19,23H,8-11,13H2. The highest BCUT2D eigenvalue weighted by atomic mass is 32.1. The number of thiazole rings is 1. The Morgan fingerprint density at radius 2 is 1.96 bits per heavy atom. The van der Waals surface area contributed by atoms with Crippen molar-refractivity contribution in [1.29, 1.82) is 0 Å². The third kappa shape index (κ3) is 3.84. The van der Waals surface area contributed by atoms with Gasteiger partial charge >= 0.3 is 0 Å². The molecule has 1 N–H and O–H groups in total. The zero-order valence-corrected chi connectivity index (χ0v) is 14.9. The maximum absolute atomic E-state index is 10.6. The summed E-state index contributed by atoms with van der Waals surface area (Å²) in [6, 6.07) is 13.8. The van der Waals surface area contributed by atoms with Gasteiger partial charge in [0.05, 0.1) is 18.1 Å². The van der Waals surface area contributed by atoms with Crippen LogP contribution in [0.2, 0.25) is 0 Å². The van der Waals surface area contributed by atoms with Gasteiger partial charge in [-0.25, -0.2) is 4.98 Å². The third-order valence-corrected chi connectivity index (χ3v) is 5.79. The van der Waals surface area contributed by atoms with Crippen LogP contribution in [0.5, 0.6) is 0 Å². The third-order valence-electron chi connectivity index (χ3n) is 4.89. The van der Waals surface area contributed by atoms with Crippen molar-refractivity contribution in [1.82, 2.24) is 9.88 Å². The lowest BCUT2D eigenvalue weighted by Crippen LogP contribution is -2.35. The molecule has 4 nitrogen and oxygen atoms in total. The maximum atomic E-state index is 10.6. The topological polar surface area (TPSA) is 49.5 Å². The van der Waals surface area contributed by atoms with Crippen LogP contribution in [0.25, 0.3) is 10.8 Å². The highest BCUT2D eigenvalue weighted by Crippen LogP contribution is 2.31. The molecule has 2 aromatic heterocycles. The van der Waals surface area contributed by atoms with Crippen LogP contribution in [-0.4, -0.2) is 28.1 Å². The molecule has 4 rings (SSSR count). The number of aliphatic hydroxyl groups is 1. The summed E-state index contributed by atoms with van der Waals surface area (Å²) in [7, 11) is 0. The number of nitrogens with zero attached hydrogens (tertiary/aromatic N) is 2. The Kier molecular flexibility index (Phi) is 4.97. The summed E-state index contributed by atoms with van der Waals surface area (Å²) in [4.78, 5) is 7.11. The Morgan fingerprint density at radius 1 is 1.16 bits per heavy atom. The SMILES string of the molecule is OC(c1ccccc1)C1CCN(Cc2csc(-c3ccco3)n2)CC1. The van der Waals surface area contributed by atoms with Gasteiger partial charge in [-0.05, 0) is 49.5 Å². The van der Waals surface area contributed by atoms with E-state index in [-0.39, 0.29) is 6.10 Å². The number of furan rings is 1. The predicted octanol–water partition coefficient (Wildman–Crippen LogP) is 4.35. The molecule has 0 bridgehead atoms. The highest BCUT2D eigenvalue weighted by molar-refractivity contribution is 7.13. The first kappa shape index (κ1) is 16.5. The van der Waals surface area contributed by atoms with Gasteiger partial charge in [0.15, 0.2) is 10.8 Å². The second-order valence-electron chi connectivity index (χ2n) is 6.59. The summed E-state index contributed by atoms with van der Waals surface area (Å²) < 4.78 is 5.41. The maximum Gasteiger partial charge on any atom is 0.162 e. The van der Waals surface area contributed by atoms with Crippen molar-refractivity contribution in [2.75, 3.05) is 13.1 Å². The second kappa shape index (κ2) is 7.52. The summed E-state index contributed by atoms with van der Waals surface area (Å²) in [6.07, 6.45) is 3.36. The Labute approximate surface area is 151 Å². The molecule has 0 saturated carbocycles. The van der Waals surface area contributed by atoms with Crippen molar-refractivity contribution in [2.45, 2.75) is 25.5 Å². The minimum atomic E-state index is -0.354. The molecule has 1 aliphatic rings. The van der Waals surface area contributed by atoms with Crippen LogP contribution in [0.15, 0.2) is 58.5 Å². The van der Waals surface area contributed by atoms with E-state index in [1.807, 2.05) is 42.5 Å². The first-order valence-corrected chi connectivity index (χ1v) is 9.61. The molecule has 0 radical (unpaired) electrons. The smallest absolute Gasteiger partial charge is 0.162 e. The Bertz CT molecular complexity index is 777.